The first-order valence-corrected chi connectivity index (χ1v) is 8.30. The summed E-state index contributed by atoms with van der Waals surface area (Å²) < 4.78 is 0. The molecule has 134 valence electrons. The number of allylic oxidation sites excluding steroid dienone is 1. The second-order valence-electron chi connectivity index (χ2n) is 6.06. The normalized spacial score (nSPS) is 11.8. The molecule has 2 aromatic heterocycles. The predicted molar refractivity (Wildman–Crippen MR) is 108 cm³/mol. The quantitative estimate of drug-likeness (QED) is 0.479. The van der Waals surface area contributed by atoms with E-state index in [9.17, 15) is 0 Å². The highest BCUT2D eigenvalue weighted by atomic mass is 14.9. The van der Waals surface area contributed by atoms with Gasteiger partial charge in [-0.3, -0.25) is 10.4 Å². The highest BCUT2D eigenvalue weighted by Crippen LogP contribution is 2.22. The molecule has 2 heterocycles. The number of nitrogens with two attached hydrogens (primary N) is 1. The molecule has 0 aliphatic rings. The molecule has 0 atom stereocenters. The van der Waals surface area contributed by atoms with Gasteiger partial charge in [-0.2, -0.15) is 0 Å². The van der Waals surface area contributed by atoms with Crippen LogP contribution in [0.15, 0.2) is 66.3 Å². The van der Waals surface area contributed by atoms with Crippen molar-refractivity contribution in [3.8, 4) is 11.1 Å². The average Bonchev–Trinajstić information content (AvgIpc) is 2.66. The zero-order valence-corrected chi connectivity index (χ0v) is 14.8. The van der Waals surface area contributed by atoms with Crippen LogP contribution < -0.4 is 5.73 Å². The van der Waals surface area contributed by atoms with E-state index < -0.39 is 0 Å². The first-order valence-electron chi connectivity index (χ1n) is 8.30. The summed E-state index contributed by atoms with van der Waals surface area (Å²) in [7, 11) is 0. The van der Waals surface area contributed by atoms with Crippen LogP contribution in [0.2, 0.25) is 0 Å². The lowest BCUT2D eigenvalue weighted by Crippen LogP contribution is -2.16. The minimum Gasteiger partial charge on any atom is -0.387 e. The van der Waals surface area contributed by atoms with Gasteiger partial charge in [0.05, 0.1) is 5.52 Å². The molecular formula is C20H19N7. The van der Waals surface area contributed by atoms with Crippen molar-refractivity contribution in [2.24, 2.45) is 10.7 Å². The third-order valence-electron chi connectivity index (χ3n) is 3.78. The Balaban J connectivity index is 1.83. The fraction of sp³-hybridized carbons (Fsp3) is 0.100. The fourth-order valence-electron chi connectivity index (χ4n) is 2.54. The van der Waals surface area contributed by atoms with Gasteiger partial charge in [-0.1, -0.05) is 6.07 Å². The van der Waals surface area contributed by atoms with E-state index in [1.807, 2.05) is 24.3 Å². The Kier molecular flexibility index (Phi) is 5.41. The molecule has 3 aromatic rings. The van der Waals surface area contributed by atoms with E-state index in [4.69, 9.17) is 16.6 Å². The van der Waals surface area contributed by atoms with Crippen molar-refractivity contribution in [3.63, 3.8) is 0 Å². The summed E-state index contributed by atoms with van der Waals surface area (Å²) in [5, 5.41) is 16.1. The number of nitrogens with zero attached hydrogens (tertiary/aromatic N) is 4. The maximum absolute atomic E-state index is 7.76. The van der Waals surface area contributed by atoms with E-state index in [2.05, 4.69) is 19.9 Å². The third-order valence-corrected chi connectivity index (χ3v) is 3.78. The van der Waals surface area contributed by atoms with Gasteiger partial charge in [0.15, 0.2) is 0 Å². The lowest BCUT2D eigenvalue weighted by molar-refractivity contribution is 1.17. The molecular weight excluding hydrogens is 338 g/mol. The molecule has 7 heteroatoms. The molecule has 0 fully saturated rings. The monoisotopic (exact) mass is 357 g/mol. The van der Waals surface area contributed by atoms with Gasteiger partial charge < -0.3 is 11.1 Å². The summed E-state index contributed by atoms with van der Waals surface area (Å²) in [6.45, 7) is 1.63. The van der Waals surface area contributed by atoms with Crippen molar-refractivity contribution in [1.29, 1.82) is 10.8 Å². The smallest absolute Gasteiger partial charge is 0.146 e. The predicted octanol–water partition coefficient (Wildman–Crippen LogP) is 3.16. The molecule has 27 heavy (non-hydrogen) atoms. The molecule has 0 unspecified atom stereocenters. The number of amidine groups is 2. The van der Waals surface area contributed by atoms with Crippen molar-refractivity contribution in [2.45, 2.75) is 13.3 Å². The third kappa shape index (κ3) is 4.88. The second-order valence-corrected chi connectivity index (χ2v) is 6.06. The topological polar surface area (TPSA) is 125 Å². The minimum atomic E-state index is 0.0212. The summed E-state index contributed by atoms with van der Waals surface area (Å²) in [4.78, 5) is 16.6. The molecule has 1 aromatic carbocycles. The summed E-state index contributed by atoms with van der Waals surface area (Å²) in [5.74, 6) is 0.361. The Morgan fingerprint density at radius 2 is 1.85 bits per heavy atom. The standard InChI is InChI=1S/C20H19N7/c1-13(21)2-5-19(22)27-20(23)7-14-3-4-18-15(6-14)8-16(11-26-18)17-9-24-12-25-10-17/h2-6,8-12,21H,7H2,1H3,(H3,22,23,27)/b5-2-,21-13?. The van der Waals surface area contributed by atoms with Gasteiger partial charge in [-0.05, 0) is 42.8 Å². The van der Waals surface area contributed by atoms with E-state index in [1.165, 1.54) is 18.5 Å². The summed E-state index contributed by atoms with van der Waals surface area (Å²) >= 11 is 0. The van der Waals surface area contributed by atoms with E-state index >= 15 is 0 Å². The van der Waals surface area contributed by atoms with Gasteiger partial charge in [0.25, 0.3) is 0 Å². The van der Waals surface area contributed by atoms with Crippen molar-refractivity contribution < 1.29 is 0 Å². The average molecular weight is 357 g/mol. The lowest BCUT2D eigenvalue weighted by Gasteiger charge is -2.06. The van der Waals surface area contributed by atoms with Crippen LogP contribution in [0.5, 0.6) is 0 Å². The highest BCUT2D eigenvalue weighted by molar-refractivity contribution is 6.04. The number of nitrogens with one attached hydrogen (secondary N) is 2. The Morgan fingerprint density at radius 1 is 1.07 bits per heavy atom. The molecule has 0 aliphatic carbocycles. The molecule has 0 aliphatic heterocycles. The van der Waals surface area contributed by atoms with E-state index in [0.29, 0.717) is 18.0 Å². The van der Waals surface area contributed by atoms with Crippen molar-refractivity contribution in [3.05, 3.63) is 66.9 Å². The summed E-state index contributed by atoms with van der Waals surface area (Å²) in [6.07, 6.45) is 10.2. The van der Waals surface area contributed by atoms with Crippen LogP contribution in [0, 0.1) is 10.8 Å². The molecule has 0 bridgehead atoms. The first-order chi connectivity index (χ1) is 13.0. The van der Waals surface area contributed by atoms with E-state index in [-0.39, 0.29) is 5.84 Å². The highest BCUT2D eigenvalue weighted by Gasteiger charge is 2.04. The Bertz CT molecular complexity index is 1050. The van der Waals surface area contributed by atoms with Crippen molar-refractivity contribution in [2.75, 3.05) is 0 Å². The minimum absolute atomic E-state index is 0.0212. The molecule has 0 spiro atoms. The molecule has 0 saturated carbocycles. The second kappa shape index (κ2) is 8.09. The zero-order chi connectivity index (χ0) is 19.2. The number of pyridine rings is 1. The number of fused-ring (bicyclic) bond motifs is 1. The van der Waals surface area contributed by atoms with Crippen LogP contribution in [-0.4, -0.2) is 32.3 Å². The van der Waals surface area contributed by atoms with Crippen LogP contribution in [0.25, 0.3) is 22.0 Å². The van der Waals surface area contributed by atoms with Crippen LogP contribution >= 0.6 is 0 Å². The van der Waals surface area contributed by atoms with Gasteiger partial charge in [0.2, 0.25) is 0 Å². The maximum atomic E-state index is 7.76. The van der Waals surface area contributed by atoms with E-state index in [1.54, 1.807) is 25.5 Å². The molecule has 4 N–H and O–H groups in total. The van der Waals surface area contributed by atoms with Crippen LogP contribution in [0.3, 0.4) is 0 Å². The lowest BCUT2D eigenvalue weighted by atomic mass is 10.0. The fourth-order valence-corrected chi connectivity index (χ4v) is 2.54. The first kappa shape index (κ1) is 18.1. The van der Waals surface area contributed by atoms with Crippen LogP contribution in [0.1, 0.15) is 12.5 Å². The number of aliphatic imine (C=N–C) groups is 1. The zero-order valence-electron chi connectivity index (χ0n) is 14.8. The van der Waals surface area contributed by atoms with Crippen LogP contribution in [-0.2, 0) is 6.42 Å². The maximum Gasteiger partial charge on any atom is 0.146 e. The molecule has 7 nitrogen and oxygen atoms in total. The number of rotatable bonds is 5. The Morgan fingerprint density at radius 3 is 2.59 bits per heavy atom. The van der Waals surface area contributed by atoms with Crippen molar-refractivity contribution in [1.82, 2.24) is 15.0 Å². The summed E-state index contributed by atoms with van der Waals surface area (Å²) in [6, 6.07) is 7.94. The Labute approximate surface area is 156 Å². The molecule has 0 amide bonds. The Hall–Kier alpha value is -3.74. The van der Waals surface area contributed by atoms with Gasteiger partial charge in [-0.15, -0.1) is 0 Å². The summed E-state index contributed by atoms with van der Waals surface area (Å²) in [5.41, 5.74) is 10.0. The number of hydrogen-bond acceptors (Lipinski definition) is 5. The largest absolute Gasteiger partial charge is 0.387 e. The number of hydrogen-bond donors (Lipinski definition) is 3. The SMILES string of the molecule is CC(=N)/C=C\C(=N)N=C(N)Cc1ccc2ncc(-c3cncnc3)cc2c1. The molecule has 0 saturated heterocycles. The van der Waals surface area contributed by atoms with Gasteiger partial charge in [-0.25, -0.2) is 15.0 Å². The van der Waals surface area contributed by atoms with Crippen molar-refractivity contribution >= 4 is 28.3 Å². The van der Waals surface area contributed by atoms with E-state index in [0.717, 1.165) is 27.6 Å². The van der Waals surface area contributed by atoms with Gasteiger partial charge in [0.1, 0.15) is 18.0 Å². The van der Waals surface area contributed by atoms with Gasteiger partial charge in [0, 0.05) is 47.2 Å². The van der Waals surface area contributed by atoms with Gasteiger partial charge >= 0.3 is 0 Å². The van der Waals surface area contributed by atoms with Crippen LogP contribution in [0.4, 0.5) is 0 Å². The molecule has 0 radical (unpaired) electrons. The molecule has 3 rings (SSSR count). The number of benzene rings is 1. The number of aromatic nitrogens is 3.